The van der Waals surface area contributed by atoms with Gasteiger partial charge in [0.25, 0.3) is 0 Å². The first-order valence-corrected chi connectivity index (χ1v) is 7.83. The molecule has 1 atom stereocenters. The Bertz CT molecular complexity index is 713. The highest BCUT2D eigenvalue weighted by molar-refractivity contribution is 5.97. The van der Waals surface area contributed by atoms with Crippen molar-refractivity contribution in [3.8, 4) is 0 Å². The summed E-state index contributed by atoms with van der Waals surface area (Å²) in [5.74, 6) is 2.04. The van der Waals surface area contributed by atoms with E-state index in [1.807, 2.05) is 36.9 Å². The van der Waals surface area contributed by atoms with Crippen LogP contribution in [0.25, 0.3) is 0 Å². The molecule has 22 heavy (non-hydrogen) atoms. The molecule has 114 valence electrons. The van der Waals surface area contributed by atoms with Crippen LogP contribution in [0.3, 0.4) is 0 Å². The summed E-state index contributed by atoms with van der Waals surface area (Å²) in [5, 5.41) is 4.06. The summed E-state index contributed by atoms with van der Waals surface area (Å²) >= 11 is 0. The topological polar surface area (TPSA) is 59.2 Å². The number of nitrogens with zero attached hydrogens (tertiary/aromatic N) is 3. The summed E-state index contributed by atoms with van der Waals surface area (Å²) in [6.45, 7) is 4.71. The van der Waals surface area contributed by atoms with Crippen molar-refractivity contribution in [2.75, 3.05) is 11.4 Å². The second kappa shape index (κ2) is 4.93. The van der Waals surface area contributed by atoms with Gasteiger partial charge in [-0.15, -0.1) is 0 Å². The van der Waals surface area contributed by atoms with Gasteiger partial charge in [-0.2, -0.15) is 4.98 Å². The van der Waals surface area contributed by atoms with Crippen LogP contribution in [0.1, 0.15) is 53.9 Å². The standard InChI is InChI=1S/C17H19N3O2/c1-10-4-3-5-11(2)15(10)20-9-13(8-14(20)21)17-18-16(19-22-17)12-6-7-12/h3-5,12-13H,6-9H2,1-2H3. The van der Waals surface area contributed by atoms with Gasteiger partial charge < -0.3 is 9.42 Å². The van der Waals surface area contributed by atoms with E-state index in [0.29, 0.717) is 24.8 Å². The highest BCUT2D eigenvalue weighted by atomic mass is 16.5. The van der Waals surface area contributed by atoms with Crippen LogP contribution in [0, 0.1) is 13.8 Å². The predicted octanol–water partition coefficient (Wildman–Crippen LogP) is 3.08. The summed E-state index contributed by atoms with van der Waals surface area (Å²) < 4.78 is 5.40. The highest BCUT2D eigenvalue weighted by Crippen LogP contribution is 2.40. The van der Waals surface area contributed by atoms with Crippen LogP contribution in [-0.4, -0.2) is 22.6 Å². The van der Waals surface area contributed by atoms with E-state index in [1.54, 1.807) is 0 Å². The Balaban J connectivity index is 1.60. The van der Waals surface area contributed by atoms with E-state index in [1.165, 1.54) is 0 Å². The quantitative estimate of drug-likeness (QED) is 0.873. The summed E-state index contributed by atoms with van der Waals surface area (Å²) in [6.07, 6.45) is 2.74. The van der Waals surface area contributed by atoms with Gasteiger partial charge in [0.15, 0.2) is 5.82 Å². The number of amides is 1. The molecule has 1 unspecified atom stereocenters. The minimum absolute atomic E-state index is 0.00602. The van der Waals surface area contributed by atoms with Crippen molar-refractivity contribution in [2.24, 2.45) is 0 Å². The monoisotopic (exact) mass is 297 g/mol. The molecule has 1 aliphatic carbocycles. The van der Waals surface area contributed by atoms with E-state index in [9.17, 15) is 4.79 Å². The second-order valence-electron chi connectivity index (χ2n) is 6.41. The Morgan fingerprint density at radius 2 is 1.91 bits per heavy atom. The molecular weight excluding hydrogens is 278 g/mol. The van der Waals surface area contributed by atoms with Gasteiger partial charge in [-0.05, 0) is 37.8 Å². The Kier molecular flexibility index (Phi) is 3.03. The van der Waals surface area contributed by atoms with Crippen LogP contribution in [-0.2, 0) is 4.79 Å². The molecule has 5 heteroatoms. The van der Waals surface area contributed by atoms with Crippen LogP contribution >= 0.6 is 0 Å². The van der Waals surface area contributed by atoms with Gasteiger partial charge in [0.05, 0.1) is 5.92 Å². The van der Waals surface area contributed by atoms with Crippen molar-refractivity contribution in [2.45, 2.75) is 44.9 Å². The molecule has 2 aromatic rings. The number of benzene rings is 1. The third kappa shape index (κ3) is 2.21. The fraction of sp³-hybridized carbons (Fsp3) is 0.471. The lowest BCUT2D eigenvalue weighted by molar-refractivity contribution is -0.117. The lowest BCUT2D eigenvalue weighted by Crippen LogP contribution is -2.26. The maximum atomic E-state index is 12.5. The maximum Gasteiger partial charge on any atom is 0.232 e. The predicted molar refractivity (Wildman–Crippen MR) is 81.9 cm³/mol. The molecule has 1 aromatic heterocycles. The van der Waals surface area contributed by atoms with Crippen LogP contribution in [0.4, 0.5) is 5.69 Å². The first-order valence-electron chi connectivity index (χ1n) is 7.83. The molecule has 0 N–H and O–H groups in total. The van der Waals surface area contributed by atoms with Crippen LogP contribution < -0.4 is 4.90 Å². The number of anilines is 1. The number of hydrogen-bond acceptors (Lipinski definition) is 4. The average Bonchev–Trinajstić information content (AvgIpc) is 3.09. The first-order chi connectivity index (χ1) is 10.6. The zero-order chi connectivity index (χ0) is 15.3. The number of carbonyl (C=O) groups is 1. The molecule has 0 bridgehead atoms. The Morgan fingerprint density at radius 3 is 2.59 bits per heavy atom. The van der Waals surface area contributed by atoms with Crippen LogP contribution in [0.2, 0.25) is 0 Å². The molecule has 2 fully saturated rings. The van der Waals surface area contributed by atoms with Gasteiger partial charge >= 0.3 is 0 Å². The normalized spacial score (nSPS) is 21.6. The van der Waals surface area contributed by atoms with Gasteiger partial charge in [-0.1, -0.05) is 23.4 Å². The van der Waals surface area contributed by atoms with Gasteiger partial charge in [-0.25, -0.2) is 0 Å². The number of rotatable bonds is 3. The van der Waals surface area contributed by atoms with E-state index in [0.717, 1.165) is 35.5 Å². The zero-order valence-corrected chi connectivity index (χ0v) is 12.9. The summed E-state index contributed by atoms with van der Waals surface area (Å²) in [5.41, 5.74) is 3.27. The van der Waals surface area contributed by atoms with Gasteiger partial charge in [0.1, 0.15) is 0 Å². The molecule has 1 aliphatic heterocycles. The van der Waals surface area contributed by atoms with Gasteiger partial charge in [0, 0.05) is 24.6 Å². The molecule has 4 rings (SSSR count). The van der Waals surface area contributed by atoms with Crippen LogP contribution in [0.15, 0.2) is 22.7 Å². The van der Waals surface area contributed by atoms with Crippen molar-refractivity contribution in [3.63, 3.8) is 0 Å². The molecule has 1 saturated heterocycles. The second-order valence-corrected chi connectivity index (χ2v) is 6.41. The Morgan fingerprint density at radius 1 is 1.18 bits per heavy atom. The van der Waals surface area contributed by atoms with Crippen molar-refractivity contribution in [1.82, 2.24) is 10.1 Å². The number of para-hydroxylation sites is 1. The van der Waals surface area contributed by atoms with E-state index in [-0.39, 0.29) is 11.8 Å². The Hall–Kier alpha value is -2.17. The molecule has 2 aliphatic rings. The summed E-state index contributed by atoms with van der Waals surface area (Å²) in [6, 6.07) is 6.10. The van der Waals surface area contributed by atoms with Gasteiger partial charge in [0.2, 0.25) is 11.8 Å². The Labute approximate surface area is 129 Å². The lowest BCUT2D eigenvalue weighted by atomic mass is 10.1. The fourth-order valence-corrected chi connectivity index (χ4v) is 3.24. The third-order valence-electron chi connectivity index (χ3n) is 4.58. The van der Waals surface area contributed by atoms with E-state index < -0.39 is 0 Å². The molecule has 0 spiro atoms. The maximum absolute atomic E-state index is 12.5. The molecule has 1 amide bonds. The molecule has 0 radical (unpaired) electrons. The lowest BCUT2D eigenvalue weighted by Gasteiger charge is -2.21. The van der Waals surface area contributed by atoms with E-state index in [4.69, 9.17) is 4.52 Å². The molecule has 2 heterocycles. The number of carbonyl (C=O) groups excluding carboxylic acids is 1. The number of aromatic nitrogens is 2. The molecular formula is C17H19N3O2. The van der Waals surface area contributed by atoms with Crippen molar-refractivity contribution in [1.29, 1.82) is 0 Å². The van der Waals surface area contributed by atoms with Gasteiger partial charge in [-0.3, -0.25) is 4.79 Å². The summed E-state index contributed by atoms with van der Waals surface area (Å²) in [7, 11) is 0. The molecule has 1 saturated carbocycles. The minimum Gasteiger partial charge on any atom is -0.339 e. The third-order valence-corrected chi connectivity index (χ3v) is 4.58. The smallest absolute Gasteiger partial charge is 0.232 e. The summed E-state index contributed by atoms with van der Waals surface area (Å²) in [4.78, 5) is 18.8. The van der Waals surface area contributed by atoms with Crippen LogP contribution in [0.5, 0.6) is 0 Å². The van der Waals surface area contributed by atoms with E-state index >= 15 is 0 Å². The van der Waals surface area contributed by atoms with Crippen molar-refractivity contribution in [3.05, 3.63) is 41.0 Å². The number of aryl methyl sites for hydroxylation is 2. The highest BCUT2D eigenvalue weighted by Gasteiger charge is 2.37. The minimum atomic E-state index is 0.00602. The molecule has 5 nitrogen and oxygen atoms in total. The van der Waals surface area contributed by atoms with Crippen molar-refractivity contribution < 1.29 is 9.32 Å². The first kappa shape index (κ1) is 13.5. The van der Waals surface area contributed by atoms with E-state index in [2.05, 4.69) is 10.1 Å². The largest absolute Gasteiger partial charge is 0.339 e. The number of hydrogen-bond donors (Lipinski definition) is 0. The fourth-order valence-electron chi connectivity index (χ4n) is 3.24. The molecule has 1 aromatic carbocycles. The average molecular weight is 297 g/mol. The van der Waals surface area contributed by atoms with Crippen molar-refractivity contribution >= 4 is 11.6 Å². The SMILES string of the molecule is Cc1cccc(C)c1N1CC(c2nc(C3CC3)no2)CC1=O. The zero-order valence-electron chi connectivity index (χ0n) is 12.9.